The van der Waals surface area contributed by atoms with Gasteiger partial charge in [-0.15, -0.1) is 0 Å². The van der Waals surface area contributed by atoms with Gasteiger partial charge in [0.15, 0.2) is 0 Å². The summed E-state index contributed by atoms with van der Waals surface area (Å²) in [4.78, 5) is 25.0. The molecular weight excluding hydrogens is 246 g/mol. The molecule has 0 fully saturated rings. The predicted molar refractivity (Wildman–Crippen MR) is 74.1 cm³/mol. The molecule has 0 heterocycles. The third kappa shape index (κ3) is 3.61. The van der Waals surface area contributed by atoms with Gasteiger partial charge in [-0.05, 0) is 25.1 Å². The van der Waals surface area contributed by atoms with E-state index in [2.05, 4.69) is 5.32 Å². The Kier molecular flexibility index (Phi) is 5.17. The van der Waals surface area contributed by atoms with Crippen molar-refractivity contribution in [2.45, 2.75) is 6.92 Å². The maximum atomic E-state index is 11.8. The average Bonchev–Trinajstić information content (AvgIpc) is 2.43. The van der Waals surface area contributed by atoms with Crippen molar-refractivity contribution in [3.63, 3.8) is 0 Å². The van der Waals surface area contributed by atoms with Gasteiger partial charge in [0, 0.05) is 19.3 Å². The van der Waals surface area contributed by atoms with Gasteiger partial charge in [-0.2, -0.15) is 0 Å². The van der Waals surface area contributed by atoms with Crippen LogP contribution < -0.4 is 16.0 Å². The third-order valence-corrected chi connectivity index (χ3v) is 2.76. The molecule has 0 spiro atoms. The summed E-state index contributed by atoms with van der Waals surface area (Å²) < 4.78 is 4.74. The first-order valence-corrected chi connectivity index (χ1v) is 5.96. The summed E-state index contributed by atoms with van der Waals surface area (Å²) in [6.07, 6.45) is 0. The zero-order valence-electron chi connectivity index (χ0n) is 11.4. The predicted octanol–water partition coefficient (Wildman–Crippen LogP) is 0.628. The van der Waals surface area contributed by atoms with Crippen LogP contribution in [0.15, 0.2) is 18.2 Å². The van der Waals surface area contributed by atoms with Crippen LogP contribution in [0.25, 0.3) is 0 Å². The lowest BCUT2D eigenvalue weighted by atomic mass is 10.1. The van der Waals surface area contributed by atoms with Crippen molar-refractivity contribution in [3.8, 4) is 0 Å². The fourth-order valence-corrected chi connectivity index (χ4v) is 1.72. The third-order valence-electron chi connectivity index (χ3n) is 2.76. The van der Waals surface area contributed by atoms with Crippen LogP contribution in [0.4, 0.5) is 11.4 Å². The standard InChI is InChI=1S/C13H19N3O3/c1-4-16(8-12(17)15-2)11-6-5-9(14)7-10(11)13(18)19-3/h5-7H,4,8,14H2,1-3H3,(H,15,17). The molecule has 0 atom stereocenters. The fraction of sp³-hybridized carbons (Fsp3) is 0.385. The Morgan fingerprint density at radius 1 is 1.42 bits per heavy atom. The molecule has 0 aromatic heterocycles. The van der Waals surface area contributed by atoms with Crippen LogP contribution in [0.3, 0.4) is 0 Å². The number of hydrogen-bond acceptors (Lipinski definition) is 5. The van der Waals surface area contributed by atoms with E-state index in [0.29, 0.717) is 23.5 Å². The van der Waals surface area contributed by atoms with Crippen molar-refractivity contribution >= 4 is 23.3 Å². The Morgan fingerprint density at radius 2 is 2.11 bits per heavy atom. The van der Waals surface area contributed by atoms with Gasteiger partial charge in [0.05, 0.1) is 24.9 Å². The van der Waals surface area contributed by atoms with Gasteiger partial charge in [-0.3, -0.25) is 4.79 Å². The number of nitrogen functional groups attached to an aromatic ring is 1. The first-order valence-electron chi connectivity index (χ1n) is 5.96. The molecule has 0 radical (unpaired) electrons. The summed E-state index contributed by atoms with van der Waals surface area (Å²) in [7, 11) is 2.88. The molecule has 0 unspecified atom stereocenters. The highest BCUT2D eigenvalue weighted by molar-refractivity contribution is 5.97. The van der Waals surface area contributed by atoms with E-state index in [4.69, 9.17) is 10.5 Å². The lowest BCUT2D eigenvalue weighted by Crippen LogP contribution is -2.36. The van der Waals surface area contributed by atoms with Crippen molar-refractivity contribution in [2.24, 2.45) is 0 Å². The number of amides is 1. The second kappa shape index (κ2) is 6.63. The number of rotatable bonds is 5. The second-order valence-corrected chi connectivity index (χ2v) is 3.96. The van der Waals surface area contributed by atoms with Gasteiger partial charge in [0.1, 0.15) is 0 Å². The fourth-order valence-electron chi connectivity index (χ4n) is 1.72. The number of benzene rings is 1. The van der Waals surface area contributed by atoms with E-state index in [0.717, 1.165) is 0 Å². The van der Waals surface area contributed by atoms with Crippen LogP contribution in [0.2, 0.25) is 0 Å². The number of nitrogens with zero attached hydrogens (tertiary/aromatic N) is 1. The van der Waals surface area contributed by atoms with Crippen molar-refractivity contribution < 1.29 is 14.3 Å². The molecule has 6 nitrogen and oxygen atoms in total. The number of carbonyl (C=O) groups is 2. The summed E-state index contributed by atoms with van der Waals surface area (Å²) in [6, 6.07) is 4.95. The first-order chi connectivity index (χ1) is 9.03. The second-order valence-electron chi connectivity index (χ2n) is 3.96. The Bertz CT molecular complexity index is 474. The number of nitrogens with one attached hydrogen (secondary N) is 1. The van der Waals surface area contributed by atoms with E-state index < -0.39 is 5.97 Å². The molecule has 6 heteroatoms. The van der Waals surface area contributed by atoms with Crippen molar-refractivity contribution in [3.05, 3.63) is 23.8 Å². The summed E-state index contributed by atoms with van der Waals surface area (Å²) in [5, 5.41) is 2.55. The number of ether oxygens (including phenoxy) is 1. The van der Waals surface area contributed by atoms with Gasteiger partial charge < -0.3 is 20.7 Å². The van der Waals surface area contributed by atoms with Crippen molar-refractivity contribution in [1.82, 2.24) is 5.32 Å². The Hall–Kier alpha value is -2.24. The van der Waals surface area contributed by atoms with Gasteiger partial charge in [0.2, 0.25) is 5.91 Å². The minimum atomic E-state index is -0.474. The molecule has 104 valence electrons. The summed E-state index contributed by atoms with van der Waals surface area (Å²) >= 11 is 0. The van der Waals surface area contributed by atoms with Gasteiger partial charge in [-0.1, -0.05) is 0 Å². The van der Waals surface area contributed by atoms with Gasteiger partial charge >= 0.3 is 5.97 Å². The van der Waals surface area contributed by atoms with Crippen LogP contribution in [0.1, 0.15) is 17.3 Å². The number of nitrogens with two attached hydrogens (primary N) is 1. The topological polar surface area (TPSA) is 84.7 Å². The number of anilines is 2. The van der Waals surface area contributed by atoms with E-state index in [9.17, 15) is 9.59 Å². The average molecular weight is 265 g/mol. The van der Waals surface area contributed by atoms with Crippen LogP contribution in [-0.4, -0.2) is 39.1 Å². The molecule has 0 aliphatic heterocycles. The molecule has 1 rings (SSSR count). The van der Waals surface area contributed by atoms with E-state index in [-0.39, 0.29) is 12.5 Å². The summed E-state index contributed by atoms with van der Waals surface area (Å²) in [5.41, 5.74) is 7.14. The highest BCUT2D eigenvalue weighted by Crippen LogP contribution is 2.23. The molecular formula is C13H19N3O3. The van der Waals surface area contributed by atoms with Crippen LogP contribution in [0, 0.1) is 0 Å². The van der Waals surface area contributed by atoms with E-state index in [1.807, 2.05) is 6.92 Å². The zero-order chi connectivity index (χ0) is 14.4. The van der Waals surface area contributed by atoms with Crippen LogP contribution >= 0.6 is 0 Å². The van der Waals surface area contributed by atoms with Crippen LogP contribution in [0.5, 0.6) is 0 Å². The number of hydrogen-bond donors (Lipinski definition) is 2. The quantitative estimate of drug-likeness (QED) is 0.602. The molecule has 0 bridgehead atoms. The molecule has 0 saturated heterocycles. The van der Waals surface area contributed by atoms with E-state index >= 15 is 0 Å². The molecule has 0 saturated carbocycles. The summed E-state index contributed by atoms with van der Waals surface area (Å²) in [6.45, 7) is 2.66. The number of esters is 1. The summed E-state index contributed by atoms with van der Waals surface area (Å²) in [5.74, 6) is -0.604. The smallest absolute Gasteiger partial charge is 0.340 e. The van der Waals surface area contributed by atoms with E-state index in [1.165, 1.54) is 7.11 Å². The zero-order valence-corrected chi connectivity index (χ0v) is 11.4. The van der Waals surface area contributed by atoms with Gasteiger partial charge in [-0.25, -0.2) is 4.79 Å². The first kappa shape index (κ1) is 14.8. The highest BCUT2D eigenvalue weighted by Gasteiger charge is 2.18. The maximum Gasteiger partial charge on any atom is 0.340 e. The molecule has 1 amide bonds. The molecule has 3 N–H and O–H groups in total. The van der Waals surface area contributed by atoms with Gasteiger partial charge in [0.25, 0.3) is 0 Å². The molecule has 19 heavy (non-hydrogen) atoms. The Balaban J connectivity index is 3.15. The van der Waals surface area contributed by atoms with Crippen molar-refractivity contribution in [1.29, 1.82) is 0 Å². The number of likely N-dealkylation sites (N-methyl/N-ethyl adjacent to an activating group) is 2. The largest absolute Gasteiger partial charge is 0.465 e. The van der Waals surface area contributed by atoms with Crippen LogP contribution in [-0.2, 0) is 9.53 Å². The normalized spacial score (nSPS) is 9.84. The maximum absolute atomic E-state index is 11.8. The number of carbonyl (C=O) groups excluding carboxylic acids is 2. The lowest BCUT2D eigenvalue weighted by Gasteiger charge is -2.24. The highest BCUT2D eigenvalue weighted by atomic mass is 16.5. The Morgan fingerprint density at radius 3 is 2.63 bits per heavy atom. The Labute approximate surface area is 112 Å². The van der Waals surface area contributed by atoms with Crippen molar-refractivity contribution in [2.75, 3.05) is 37.9 Å². The minimum Gasteiger partial charge on any atom is -0.465 e. The van der Waals surface area contributed by atoms with E-state index in [1.54, 1.807) is 30.1 Å². The monoisotopic (exact) mass is 265 g/mol. The molecule has 1 aromatic carbocycles. The lowest BCUT2D eigenvalue weighted by molar-refractivity contribution is -0.119. The molecule has 1 aromatic rings. The minimum absolute atomic E-state index is 0.130. The molecule has 0 aliphatic carbocycles. The molecule has 0 aliphatic rings. The SMILES string of the molecule is CCN(CC(=O)NC)c1ccc(N)cc1C(=O)OC. The number of methoxy groups -OCH3 is 1.